The molecular weight excluding hydrogens is 380 g/mol. The highest BCUT2D eigenvalue weighted by Crippen LogP contribution is 2.35. The normalized spacial score (nSPS) is 22.0. The predicted octanol–water partition coefficient (Wildman–Crippen LogP) is 2.29. The van der Waals surface area contributed by atoms with Crippen LogP contribution in [0.5, 0.6) is 0 Å². The average molecular weight is 406 g/mol. The number of amides is 2. The maximum absolute atomic E-state index is 13.7. The number of nitrogens with one attached hydrogen (secondary N) is 2. The number of H-pyrrole nitrogens is 1. The maximum atomic E-state index is 13.7. The van der Waals surface area contributed by atoms with Gasteiger partial charge in [-0.05, 0) is 43.7 Å². The van der Waals surface area contributed by atoms with Crippen LogP contribution in [-0.2, 0) is 22.6 Å². The van der Waals surface area contributed by atoms with Gasteiger partial charge in [-0.1, -0.05) is 18.2 Å². The van der Waals surface area contributed by atoms with Crippen molar-refractivity contribution in [1.29, 1.82) is 0 Å². The molecule has 3 aromatic rings. The number of benzene rings is 1. The predicted molar refractivity (Wildman–Crippen MR) is 113 cm³/mol. The number of hydrogen-bond acceptors (Lipinski definition) is 4. The summed E-state index contributed by atoms with van der Waals surface area (Å²) in [5.41, 5.74) is 1.25. The molecule has 0 bridgehead atoms. The molecule has 30 heavy (non-hydrogen) atoms. The second-order valence-corrected chi connectivity index (χ2v) is 8.43. The van der Waals surface area contributed by atoms with Crippen LogP contribution in [0.1, 0.15) is 24.2 Å². The van der Waals surface area contributed by atoms with E-state index in [1.54, 1.807) is 11.2 Å². The molecule has 1 aromatic carbocycles. The zero-order valence-corrected chi connectivity index (χ0v) is 17.1. The number of furan rings is 1. The third-order valence-corrected chi connectivity index (χ3v) is 6.62. The number of carbonyl (C=O) groups is 2. The van der Waals surface area contributed by atoms with Gasteiger partial charge in [0.2, 0.25) is 11.8 Å². The van der Waals surface area contributed by atoms with Crippen molar-refractivity contribution in [3.8, 4) is 0 Å². The molecule has 0 radical (unpaired) electrons. The number of aromatic nitrogens is 1. The Bertz CT molecular complexity index is 1060. The lowest BCUT2D eigenvalue weighted by molar-refractivity contribution is -0.162. The number of hydrogen-bond donors (Lipinski definition) is 2. The van der Waals surface area contributed by atoms with Crippen molar-refractivity contribution < 1.29 is 14.0 Å². The highest BCUT2D eigenvalue weighted by molar-refractivity contribution is 6.00. The van der Waals surface area contributed by atoms with E-state index < -0.39 is 11.6 Å². The number of rotatable bonds is 4. The van der Waals surface area contributed by atoms with Gasteiger partial charge in [0.25, 0.3) is 0 Å². The van der Waals surface area contributed by atoms with Crippen LogP contribution < -0.4 is 5.32 Å². The van der Waals surface area contributed by atoms with Crippen molar-refractivity contribution in [3.05, 3.63) is 60.2 Å². The van der Waals surface area contributed by atoms with E-state index in [9.17, 15) is 9.59 Å². The minimum atomic E-state index is -0.812. The van der Waals surface area contributed by atoms with Crippen LogP contribution in [0.15, 0.2) is 53.3 Å². The Morgan fingerprint density at radius 2 is 1.93 bits per heavy atom. The topological polar surface area (TPSA) is 81.6 Å². The number of carbonyl (C=O) groups excluding carboxylic acids is 2. The SMILES string of the molecule is CN1CCC2(CC1)C(=O)NC(Cc1c[nH]c3ccccc13)C(=O)N2Cc1ccco1. The smallest absolute Gasteiger partial charge is 0.246 e. The van der Waals surface area contributed by atoms with E-state index in [1.165, 1.54) is 0 Å². The van der Waals surface area contributed by atoms with Gasteiger partial charge in [0.15, 0.2) is 0 Å². The third kappa shape index (κ3) is 3.10. The summed E-state index contributed by atoms with van der Waals surface area (Å²) in [4.78, 5) is 34.3. The van der Waals surface area contributed by atoms with Gasteiger partial charge in [0.05, 0.1) is 12.8 Å². The Morgan fingerprint density at radius 3 is 2.70 bits per heavy atom. The quantitative estimate of drug-likeness (QED) is 0.697. The number of likely N-dealkylation sites (tertiary alicyclic amines) is 1. The first kappa shape index (κ1) is 18.9. The van der Waals surface area contributed by atoms with Crippen LogP contribution in [0.3, 0.4) is 0 Å². The van der Waals surface area contributed by atoms with Crippen molar-refractivity contribution in [1.82, 2.24) is 20.1 Å². The lowest BCUT2D eigenvalue weighted by Gasteiger charge is -2.51. The van der Waals surface area contributed by atoms with E-state index >= 15 is 0 Å². The van der Waals surface area contributed by atoms with Crippen LogP contribution >= 0.6 is 0 Å². The van der Waals surface area contributed by atoms with Crippen LogP contribution in [0, 0.1) is 0 Å². The largest absolute Gasteiger partial charge is 0.467 e. The molecule has 2 amide bonds. The minimum Gasteiger partial charge on any atom is -0.467 e. The van der Waals surface area contributed by atoms with Crippen molar-refractivity contribution in [3.63, 3.8) is 0 Å². The summed E-state index contributed by atoms with van der Waals surface area (Å²) in [5, 5.41) is 4.14. The maximum Gasteiger partial charge on any atom is 0.246 e. The minimum absolute atomic E-state index is 0.0409. The Kier molecular flexibility index (Phi) is 4.62. The molecule has 156 valence electrons. The second-order valence-electron chi connectivity index (χ2n) is 8.43. The standard InChI is InChI=1S/C23H26N4O3/c1-26-10-8-23(9-11-26)22(29)25-20(21(28)27(23)15-17-5-4-12-30-17)13-16-14-24-19-7-3-2-6-18(16)19/h2-7,12,14,20,24H,8-11,13,15H2,1H3,(H,25,29). The molecule has 0 saturated carbocycles. The van der Waals surface area contributed by atoms with E-state index in [2.05, 4.69) is 15.2 Å². The van der Waals surface area contributed by atoms with Crippen molar-refractivity contribution in [2.24, 2.45) is 0 Å². The fourth-order valence-electron chi connectivity index (χ4n) is 4.81. The van der Waals surface area contributed by atoms with Crippen LogP contribution in [-0.4, -0.2) is 58.3 Å². The van der Waals surface area contributed by atoms with Gasteiger partial charge in [-0.2, -0.15) is 0 Å². The first-order valence-corrected chi connectivity index (χ1v) is 10.5. The molecule has 2 aliphatic heterocycles. The fraction of sp³-hybridized carbons (Fsp3) is 0.391. The van der Waals surface area contributed by atoms with Gasteiger partial charge in [-0.3, -0.25) is 9.59 Å². The van der Waals surface area contributed by atoms with Gasteiger partial charge in [0.1, 0.15) is 17.3 Å². The van der Waals surface area contributed by atoms with E-state index in [4.69, 9.17) is 4.42 Å². The molecule has 1 spiro atoms. The number of aromatic amines is 1. The van der Waals surface area contributed by atoms with E-state index in [1.807, 2.05) is 49.6 Å². The molecule has 2 saturated heterocycles. The Balaban J connectivity index is 1.46. The summed E-state index contributed by atoms with van der Waals surface area (Å²) >= 11 is 0. The molecule has 7 heteroatoms. The van der Waals surface area contributed by atoms with Gasteiger partial charge in [-0.15, -0.1) is 0 Å². The third-order valence-electron chi connectivity index (χ3n) is 6.62. The van der Waals surface area contributed by atoms with Crippen molar-refractivity contribution >= 4 is 22.7 Å². The van der Waals surface area contributed by atoms with Crippen molar-refractivity contribution in [2.75, 3.05) is 20.1 Å². The molecule has 7 nitrogen and oxygen atoms in total. The first-order valence-electron chi connectivity index (χ1n) is 10.5. The zero-order valence-electron chi connectivity index (χ0n) is 17.1. The van der Waals surface area contributed by atoms with Gasteiger partial charge >= 0.3 is 0 Å². The average Bonchev–Trinajstić information content (AvgIpc) is 3.41. The van der Waals surface area contributed by atoms with Crippen molar-refractivity contribution in [2.45, 2.75) is 37.4 Å². The summed E-state index contributed by atoms with van der Waals surface area (Å²) in [6.07, 6.45) is 5.25. The summed E-state index contributed by atoms with van der Waals surface area (Å²) < 4.78 is 5.53. The number of fused-ring (bicyclic) bond motifs is 1. The van der Waals surface area contributed by atoms with Crippen LogP contribution in [0.4, 0.5) is 0 Å². The molecule has 1 atom stereocenters. The monoisotopic (exact) mass is 406 g/mol. The molecular formula is C23H26N4O3. The van der Waals surface area contributed by atoms with Gasteiger partial charge < -0.3 is 24.5 Å². The number of para-hydroxylation sites is 1. The Labute approximate surface area is 175 Å². The molecule has 2 N–H and O–H groups in total. The molecule has 5 rings (SSSR count). The molecule has 2 aliphatic rings. The van der Waals surface area contributed by atoms with E-state index in [-0.39, 0.29) is 11.8 Å². The summed E-state index contributed by atoms with van der Waals surface area (Å²) in [6, 6.07) is 11.1. The highest BCUT2D eigenvalue weighted by Gasteiger charge is 2.53. The molecule has 2 aromatic heterocycles. The van der Waals surface area contributed by atoms with Gasteiger partial charge in [-0.25, -0.2) is 0 Å². The Hall–Kier alpha value is -3.06. The fourth-order valence-corrected chi connectivity index (χ4v) is 4.81. The summed E-state index contributed by atoms with van der Waals surface area (Å²) in [5.74, 6) is 0.606. The second kappa shape index (κ2) is 7.32. The highest BCUT2D eigenvalue weighted by atomic mass is 16.3. The van der Waals surface area contributed by atoms with E-state index in [0.29, 0.717) is 31.6 Å². The zero-order chi connectivity index (χ0) is 20.7. The summed E-state index contributed by atoms with van der Waals surface area (Å²) in [6.45, 7) is 1.87. The molecule has 1 unspecified atom stereocenters. The lowest BCUT2D eigenvalue weighted by atomic mass is 9.81. The Morgan fingerprint density at radius 1 is 1.13 bits per heavy atom. The lowest BCUT2D eigenvalue weighted by Crippen LogP contribution is -2.72. The van der Waals surface area contributed by atoms with Crippen LogP contribution in [0.25, 0.3) is 10.9 Å². The summed E-state index contributed by atoms with van der Waals surface area (Å²) in [7, 11) is 2.05. The first-order chi connectivity index (χ1) is 14.6. The number of piperidine rings is 1. The number of nitrogens with zero attached hydrogens (tertiary/aromatic N) is 2. The molecule has 4 heterocycles. The molecule has 2 fully saturated rings. The number of piperazine rings is 1. The molecule has 0 aliphatic carbocycles. The van der Waals surface area contributed by atoms with E-state index in [0.717, 1.165) is 29.6 Å². The van der Waals surface area contributed by atoms with Crippen LogP contribution in [0.2, 0.25) is 0 Å². The van der Waals surface area contributed by atoms with Gasteiger partial charge in [0, 0.05) is 36.6 Å².